The summed E-state index contributed by atoms with van der Waals surface area (Å²) in [4.78, 5) is 12.0. The quantitative estimate of drug-likeness (QED) is 0.456. The number of carbonyl (C=O) groups excluding carboxylic acids is 1. The van der Waals surface area contributed by atoms with E-state index < -0.39 is 41.0 Å². The van der Waals surface area contributed by atoms with Gasteiger partial charge in [0.2, 0.25) is 0 Å². The number of carbonyl (C=O) groups is 1. The van der Waals surface area contributed by atoms with Gasteiger partial charge in [-0.2, -0.15) is 0 Å². The van der Waals surface area contributed by atoms with Gasteiger partial charge in [-0.05, 0) is 30.3 Å². The van der Waals surface area contributed by atoms with Crippen LogP contribution in [0.15, 0.2) is 34.8 Å². The van der Waals surface area contributed by atoms with Crippen molar-refractivity contribution in [2.24, 2.45) is 0 Å². The van der Waals surface area contributed by atoms with Crippen LogP contribution >= 0.6 is 15.9 Å². The highest BCUT2D eigenvalue weighted by Crippen LogP contribution is 2.22. The molecule has 0 aliphatic heterocycles. The number of halogens is 5. The highest BCUT2D eigenvalue weighted by Gasteiger charge is 2.19. The van der Waals surface area contributed by atoms with Gasteiger partial charge in [-0.15, -0.1) is 0 Å². The molecule has 0 aliphatic carbocycles. The van der Waals surface area contributed by atoms with E-state index >= 15 is 0 Å². The Hall–Kier alpha value is -1.69. The number of hydrogen-bond acceptors (Lipinski definition) is 1. The molecule has 0 N–H and O–H groups in total. The Kier molecular flexibility index (Phi) is 4.23. The van der Waals surface area contributed by atoms with Crippen molar-refractivity contribution in [1.29, 1.82) is 0 Å². The van der Waals surface area contributed by atoms with Crippen molar-refractivity contribution in [3.05, 3.63) is 69.2 Å². The summed E-state index contributed by atoms with van der Waals surface area (Å²) < 4.78 is 53.3. The number of rotatable bonds is 3. The second-order valence-electron chi connectivity index (χ2n) is 4.05. The number of ketones is 1. The van der Waals surface area contributed by atoms with Crippen LogP contribution in [0.4, 0.5) is 17.6 Å². The number of Topliss-reactive ketones (excluding diaryl/α,β-unsaturated/α-hetero) is 1. The Balaban J connectivity index is 2.38. The van der Waals surface area contributed by atoms with E-state index in [9.17, 15) is 22.4 Å². The first-order chi connectivity index (χ1) is 9.40. The first-order valence-corrected chi connectivity index (χ1v) is 6.30. The molecule has 0 aliphatic rings. The molecule has 0 spiro atoms. The zero-order valence-electron chi connectivity index (χ0n) is 9.89. The molecule has 0 amide bonds. The van der Waals surface area contributed by atoms with Gasteiger partial charge in [0.25, 0.3) is 0 Å². The van der Waals surface area contributed by atoms with Gasteiger partial charge < -0.3 is 0 Å². The van der Waals surface area contributed by atoms with Crippen LogP contribution in [0.2, 0.25) is 0 Å². The minimum absolute atomic E-state index is 0.0620. The van der Waals surface area contributed by atoms with Crippen molar-refractivity contribution < 1.29 is 22.4 Å². The van der Waals surface area contributed by atoms with Crippen molar-refractivity contribution in [2.45, 2.75) is 6.42 Å². The molecule has 1 nitrogen and oxygen atoms in total. The third-order valence-corrected chi connectivity index (χ3v) is 3.40. The van der Waals surface area contributed by atoms with E-state index in [0.29, 0.717) is 10.5 Å². The lowest BCUT2D eigenvalue weighted by molar-refractivity contribution is 0.0989. The SMILES string of the molecule is O=C(Cc1c(F)ccc(F)c1F)c1cc(F)ccc1Br. The van der Waals surface area contributed by atoms with Gasteiger partial charge in [0.05, 0.1) is 0 Å². The number of hydrogen-bond donors (Lipinski definition) is 0. The third kappa shape index (κ3) is 2.90. The molecule has 0 atom stereocenters. The van der Waals surface area contributed by atoms with Crippen molar-refractivity contribution in [1.82, 2.24) is 0 Å². The molecule has 0 aromatic heterocycles. The summed E-state index contributed by atoms with van der Waals surface area (Å²) >= 11 is 3.05. The summed E-state index contributed by atoms with van der Waals surface area (Å²) in [5.74, 6) is -5.06. The normalized spacial score (nSPS) is 10.7. The molecule has 0 bridgehead atoms. The fourth-order valence-corrected chi connectivity index (χ4v) is 2.17. The maximum atomic E-state index is 13.5. The predicted octanol–water partition coefficient (Wildman–Crippen LogP) is 4.43. The largest absolute Gasteiger partial charge is 0.294 e. The van der Waals surface area contributed by atoms with Crippen LogP contribution in [0.1, 0.15) is 15.9 Å². The van der Waals surface area contributed by atoms with Crippen LogP contribution < -0.4 is 0 Å². The first-order valence-electron chi connectivity index (χ1n) is 5.50. The Labute approximate surface area is 120 Å². The van der Waals surface area contributed by atoms with Crippen molar-refractivity contribution in [3.63, 3.8) is 0 Å². The summed E-state index contributed by atoms with van der Waals surface area (Å²) in [5, 5.41) is 0. The molecule has 0 heterocycles. The summed E-state index contributed by atoms with van der Waals surface area (Å²) in [5.41, 5.74) is -0.737. The Morgan fingerprint density at radius 1 is 1.00 bits per heavy atom. The highest BCUT2D eigenvalue weighted by atomic mass is 79.9. The molecule has 104 valence electrons. The molecule has 2 aromatic carbocycles. The maximum Gasteiger partial charge on any atom is 0.168 e. The van der Waals surface area contributed by atoms with E-state index in [-0.39, 0.29) is 5.56 Å². The van der Waals surface area contributed by atoms with E-state index in [0.717, 1.165) is 18.2 Å². The van der Waals surface area contributed by atoms with Crippen LogP contribution in [0, 0.1) is 23.3 Å². The molecule has 2 rings (SSSR count). The minimum atomic E-state index is -1.41. The van der Waals surface area contributed by atoms with Crippen LogP contribution in [0.25, 0.3) is 0 Å². The molecule has 2 aromatic rings. The second kappa shape index (κ2) is 5.75. The summed E-state index contributed by atoms with van der Waals surface area (Å²) in [7, 11) is 0. The van der Waals surface area contributed by atoms with Crippen LogP contribution in [0.5, 0.6) is 0 Å². The topological polar surface area (TPSA) is 17.1 Å². The van der Waals surface area contributed by atoms with Gasteiger partial charge in [0.15, 0.2) is 17.4 Å². The average molecular weight is 347 g/mol. The smallest absolute Gasteiger partial charge is 0.168 e. The number of benzene rings is 2. The minimum Gasteiger partial charge on any atom is -0.294 e. The van der Waals surface area contributed by atoms with Gasteiger partial charge in [0, 0.05) is 22.0 Å². The van der Waals surface area contributed by atoms with Crippen molar-refractivity contribution in [3.8, 4) is 0 Å². The van der Waals surface area contributed by atoms with Crippen LogP contribution in [-0.4, -0.2) is 5.78 Å². The Morgan fingerprint density at radius 2 is 1.65 bits per heavy atom. The van der Waals surface area contributed by atoms with Crippen LogP contribution in [0.3, 0.4) is 0 Å². The van der Waals surface area contributed by atoms with Gasteiger partial charge in [-0.3, -0.25) is 4.79 Å². The molecular formula is C14H7BrF4O. The molecule has 6 heteroatoms. The van der Waals surface area contributed by atoms with E-state index in [2.05, 4.69) is 15.9 Å². The lowest BCUT2D eigenvalue weighted by Crippen LogP contribution is -2.09. The zero-order valence-corrected chi connectivity index (χ0v) is 11.5. The van der Waals surface area contributed by atoms with Gasteiger partial charge >= 0.3 is 0 Å². The summed E-state index contributed by atoms with van der Waals surface area (Å²) in [6.45, 7) is 0. The standard InChI is InChI=1S/C14H7BrF4O/c15-10-2-1-7(16)5-8(10)13(20)6-9-11(17)3-4-12(18)14(9)19/h1-5H,6H2. The Bertz CT molecular complexity index is 685. The third-order valence-electron chi connectivity index (χ3n) is 2.71. The molecule has 0 radical (unpaired) electrons. The van der Waals surface area contributed by atoms with Gasteiger partial charge in [-0.25, -0.2) is 17.6 Å². The second-order valence-corrected chi connectivity index (χ2v) is 4.90. The fraction of sp³-hybridized carbons (Fsp3) is 0.0714. The van der Waals surface area contributed by atoms with Crippen molar-refractivity contribution >= 4 is 21.7 Å². The van der Waals surface area contributed by atoms with Crippen molar-refractivity contribution in [2.75, 3.05) is 0 Å². The monoisotopic (exact) mass is 346 g/mol. The van der Waals surface area contributed by atoms with Gasteiger partial charge in [0.1, 0.15) is 11.6 Å². The molecule has 20 heavy (non-hydrogen) atoms. The van der Waals surface area contributed by atoms with E-state index in [1.54, 1.807) is 0 Å². The first kappa shape index (κ1) is 14.7. The lowest BCUT2D eigenvalue weighted by Gasteiger charge is -2.07. The van der Waals surface area contributed by atoms with E-state index in [4.69, 9.17) is 0 Å². The zero-order chi connectivity index (χ0) is 14.9. The van der Waals surface area contributed by atoms with E-state index in [1.165, 1.54) is 6.07 Å². The molecule has 0 saturated carbocycles. The highest BCUT2D eigenvalue weighted by molar-refractivity contribution is 9.10. The molecule has 0 unspecified atom stereocenters. The lowest BCUT2D eigenvalue weighted by atomic mass is 10.0. The summed E-state index contributed by atoms with van der Waals surface area (Å²) in [6, 6.07) is 4.75. The Morgan fingerprint density at radius 3 is 2.35 bits per heavy atom. The molecular weight excluding hydrogens is 340 g/mol. The predicted molar refractivity (Wildman–Crippen MR) is 68.5 cm³/mol. The maximum absolute atomic E-state index is 13.5. The average Bonchev–Trinajstić information content (AvgIpc) is 2.41. The van der Waals surface area contributed by atoms with Crippen LogP contribution in [-0.2, 0) is 6.42 Å². The molecule has 0 saturated heterocycles. The molecule has 0 fully saturated rings. The van der Waals surface area contributed by atoms with E-state index in [1.807, 2.05) is 0 Å². The summed E-state index contributed by atoms with van der Waals surface area (Å²) in [6.07, 6.45) is -0.697. The fourth-order valence-electron chi connectivity index (χ4n) is 1.70. The van der Waals surface area contributed by atoms with Gasteiger partial charge in [-0.1, -0.05) is 15.9 Å².